The molecule has 0 saturated carbocycles. The van der Waals surface area contributed by atoms with Gasteiger partial charge in [0.2, 0.25) is 0 Å². The number of carbonyl (C=O) groups excluding carboxylic acids is 1. The minimum absolute atomic E-state index is 0.0869. The van der Waals surface area contributed by atoms with Crippen molar-refractivity contribution in [1.29, 1.82) is 0 Å². The van der Waals surface area contributed by atoms with Gasteiger partial charge in [0, 0.05) is 17.7 Å². The van der Waals surface area contributed by atoms with Gasteiger partial charge in [-0.2, -0.15) is 0 Å². The van der Waals surface area contributed by atoms with Crippen molar-refractivity contribution in [2.24, 2.45) is 0 Å². The minimum Gasteiger partial charge on any atom is -0.394 e. The third kappa shape index (κ3) is 11.8. The highest BCUT2D eigenvalue weighted by Gasteiger charge is 2.58. The van der Waals surface area contributed by atoms with Gasteiger partial charge in [0.05, 0.1) is 33.0 Å². The molecule has 30 atom stereocenters. The number of hydrogen-bond donors (Lipinski definition) is 18. The molecule has 0 aromatic heterocycles. The van der Waals surface area contributed by atoms with Crippen LogP contribution in [0, 0.1) is 12.3 Å². The lowest BCUT2D eigenvalue weighted by molar-refractivity contribution is -0.403. The molecule has 1 aromatic carbocycles. The van der Waals surface area contributed by atoms with Gasteiger partial charge < -0.3 is 149 Å². The molecular weight excluding hydrogens is 1030 g/mol. The zero-order valence-electron chi connectivity index (χ0n) is 39.9. The van der Waals surface area contributed by atoms with E-state index in [1.807, 2.05) is 0 Å². The number of terminal acetylenes is 1. The summed E-state index contributed by atoms with van der Waals surface area (Å²) in [5, 5.41) is 191. The lowest BCUT2D eigenvalue weighted by Gasteiger charge is -2.50. The van der Waals surface area contributed by atoms with E-state index in [2.05, 4.69) is 11.2 Å². The van der Waals surface area contributed by atoms with Gasteiger partial charge in [-0.1, -0.05) is 5.92 Å². The molecule has 0 aliphatic carbocycles. The zero-order chi connectivity index (χ0) is 55.0. The summed E-state index contributed by atoms with van der Waals surface area (Å²) in [6.45, 7) is -5.73. The molecule has 76 heavy (non-hydrogen) atoms. The molecule has 18 N–H and O–H groups in total. The van der Waals surface area contributed by atoms with Crippen molar-refractivity contribution in [3.8, 4) is 12.3 Å². The quantitative estimate of drug-likeness (QED) is 0.108. The third-order valence-corrected chi connectivity index (χ3v) is 14.3. The molecule has 0 radical (unpaired) electrons. The van der Waals surface area contributed by atoms with Crippen molar-refractivity contribution in [3.05, 3.63) is 35.4 Å². The molecule has 1 amide bonds. The number of rotatable bonds is 8. The highest BCUT2D eigenvalue weighted by Crippen LogP contribution is 2.38. The number of benzene rings is 1. The van der Waals surface area contributed by atoms with Crippen LogP contribution in [-0.2, 0) is 56.8 Å². The smallest absolute Gasteiger partial charge is 0.251 e. The van der Waals surface area contributed by atoms with Crippen LogP contribution < -0.4 is 5.32 Å². The zero-order valence-corrected chi connectivity index (χ0v) is 39.9. The van der Waals surface area contributed by atoms with Gasteiger partial charge in [-0.05, 0) is 24.3 Å². The average molecular weight is 1100 g/mol. The molecule has 430 valence electrons. The van der Waals surface area contributed by atoms with Gasteiger partial charge in [0.1, 0.15) is 146 Å². The fourth-order valence-corrected chi connectivity index (χ4v) is 9.96. The number of hydrogen-bond acceptors (Lipinski definition) is 30. The summed E-state index contributed by atoms with van der Waals surface area (Å²) >= 11 is 0. The molecule has 12 bridgehead atoms. The highest BCUT2D eigenvalue weighted by atomic mass is 16.8. The highest BCUT2D eigenvalue weighted by molar-refractivity contribution is 5.94. The maximum absolute atomic E-state index is 13.4. The molecule has 22 fully saturated rings. The summed E-state index contributed by atoms with van der Waals surface area (Å²) < 4.78 is 69.3. The topological polar surface area (TPSA) is 484 Å². The summed E-state index contributed by atoms with van der Waals surface area (Å²) in [6.07, 6.45) is -54.1. The normalized spacial score (nSPS) is 49.4. The Morgan fingerprint density at radius 2 is 0.592 bits per heavy atom. The van der Waals surface area contributed by atoms with E-state index < -0.39 is 230 Å². The van der Waals surface area contributed by atoms with Crippen LogP contribution in [-0.4, -0.2) is 317 Å². The number of aliphatic hydroxyl groups excluding tert-OH is 17. The minimum atomic E-state index is -2.21. The maximum atomic E-state index is 13.4. The lowest BCUT2D eigenvalue weighted by atomic mass is 9.94. The van der Waals surface area contributed by atoms with Gasteiger partial charge in [-0.3, -0.25) is 4.79 Å². The van der Waals surface area contributed by atoms with Crippen LogP contribution in [0.1, 0.15) is 15.9 Å². The average Bonchev–Trinajstić information content (AvgIpc) is 3.43. The number of carbonyl (C=O) groups is 1. The molecule has 31 heteroatoms. The standard InChI is InChI=1S/C45H65NO30/c1-2-13-3-5-14(6-4-13)39(64)46-7-15-33-21(52)27(58)40(65-15)72-34-16(8-47)67-42(29(60)23(34)54)74-36-18(10-49)69-44(31(62)25(36)56)76-38-20(12-51)70-45(32(63)26(38)57)75-37-19(11-50)68-43(30(61)24(37)55)73-35-17(9-48)66-41(71-33)28(59)22(35)53/h1,3-6,15-38,40-45,47-63H,7-12H2,(H,46,64)/t15-,16-,17-,18-,19-,20-,21-,22-,23-,24-,25-,26-,27-,28-,29-,30-,31-,32-,33-,34-,35-,36-,37-,38-,40-,41-,42-,43-,44-,45-/m1/s1. The fraction of sp³-hybridized carbons (Fsp3) is 0.800. The summed E-state index contributed by atoms with van der Waals surface area (Å²) in [5.41, 5.74) is 0.529. The molecule has 23 rings (SSSR count). The third-order valence-electron chi connectivity index (χ3n) is 14.3. The van der Waals surface area contributed by atoms with E-state index in [0.29, 0.717) is 5.56 Å². The van der Waals surface area contributed by atoms with Crippen molar-refractivity contribution < 1.29 is 148 Å². The van der Waals surface area contributed by atoms with Gasteiger partial charge in [-0.25, -0.2) is 0 Å². The number of ether oxygens (including phenoxy) is 12. The molecule has 0 spiro atoms. The first-order chi connectivity index (χ1) is 36.3. The van der Waals surface area contributed by atoms with Gasteiger partial charge in [0.15, 0.2) is 37.7 Å². The number of aliphatic hydroxyl groups is 17. The van der Waals surface area contributed by atoms with Crippen LogP contribution in [0.15, 0.2) is 24.3 Å². The molecule has 1 aromatic rings. The Kier molecular flexibility index (Phi) is 19.7. The van der Waals surface area contributed by atoms with Crippen molar-refractivity contribution in [1.82, 2.24) is 5.32 Å². The van der Waals surface area contributed by atoms with Crippen LogP contribution >= 0.6 is 0 Å². The second-order valence-electron chi connectivity index (χ2n) is 19.1. The summed E-state index contributed by atoms with van der Waals surface area (Å²) in [7, 11) is 0. The Morgan fingerprint density at radius 3 is 0.816 bits per heavy atom. The second kappa shape index (κ2) is 25.3. The van der Waals surface area contributed by atoms with Crippen molar-refractivity contribution >= 4 is 5.91 Å². The lowest BCUT2D eigenvalue weighted by Crippen LogP contribution is -2.69. The van der Waals surface area contributed by atoms with E-state index in [1.54, 1.807) is 0 Å². The molecular formula is C45H65NO30. The van der Waals surface area contributed by atoms with Crippen LogP contribution in [0.25, 0.3) is 0 Å². The Labute approximate surface area is 430 Å². The summed E-state index contributed by atoms with van der Waals surface area (Å²) in [5.74, 6) is 1.67. The van der Waals surface area contributed by atoms with Gasteiger partial charge in [0.25, 0.3) is 5.91 Å². The molecule has 31 nitrogen and oxygen atoms in total. The first-order valence-electron chi connectivity index (χ1n) is 24.2. The largest absolute Gasteiger partial charge is 0.394 e. The monoisotopic (exact) mass is 1100 g/mol. The number of nitrogens with one attached hydrogen (secondary N) is 1. The Balaban J connectivity index is 1.11. The van der Waals surface area contributed by atoms with E-state index in [9.17, 15) is 91.6 Å². The van der Waals surface area contributed by atoms with Crippen molar-refractivity contribution in [2.75, 3.05) is 39.6 Å². The SMILES string of the molecule is C#Cc1ccc(C(=O)NC[C@H]2O[C@@H]3O[C@H]4[C@H](O)[C@@H](O)[C@@H](O[C@H]5[C@H](O)[C@@H](O)[C@@H](O[C@H]6[C@H](O)[C@@H](O)[C@@H](O[C@H]7[C@H](O)[C@@H](O)[C@@H](O[C@H]8[C@H](O)[C@@H](O)[C@@H](O[C@H]2[C@H](O)[C@H]3O)O[C@@H]8CO)O[C@@H]7CO)O[C@@H]6CO)O[C@@H]5CO)O[C@@H]4CO)cc1. The van der Waals surface area contributed by atoms with Crippen molar-refractivity contribution in [2.45, 2.75) is 184 Å². The number of amides is 1. The predicted molar refractivity (Wildman–Crippen MR) is 235 cm³/mol. The van der Waals surface area contributed by atoms with E-state index in [0.717, 1.165) is 0 Å². The molecule has 22 aliphatic heterocycles. The van der Waals surface area contributed by atoms with Gasteiger partial charge >= 0.3 is 0 Å². The van der Waals surface area contributed by atoms with E-state index >= 15 is 0 Å². The Bertz CT molecular complexity index is 2060. The molecule has 22 saturated heterocycles. The van der Waals surface area contributed by atoms with Gasteiger partial charge in [-0.15, -0.1) is 6.42 Å². The predicted octanol–water partition coefficient (Wildman–Crippen LogP) is -11.6. The Hall–Kier alpha value is -2.91. The summed E-state index contributed by atoms with van der Waals surface area (Å²) in [4.78, 5) is 13.4. The summed E-state index contributed by atoms with van der Waals surface area (Å²) in [6, 6.07) is 5.73. The molecule has 22 heterocycles. The van der Waals surface area contributed by atoms with E-state index in [-0.39, 0.29) is 5.56 Å². The van der Waals surface area contributed by atoms with Crippen LogP contribution in [0.5, 0.6) is 0 Å². The maximum Gasteiger partial charge on any atom is 0.251 e. The fourth-order valence-electron chi connectivity index (χ4n) is 9.96. The van der Waals surface area contributed by atoms with Crippen LogP contribution in [0.2, 0.25) is 0 Å². The first-order valence-corrected chi connectivity index (χ1v) is 24.2. The van der Waals surface area contributed by atoms with Crippen LogP contribution in [0.3, 0.4) is 0 Å². The second-order valence-corrected chi connectivity index (χ2v) is 19.1. The first kappa shape index (κ1) is 59.2. The van der Waals surface area contributed by atoms with E-state index in [4.69, 9.17) is 63.3 Å². The molecule has 0 unspecified atom stereocenters. The Morgan fingerprint density at radius 1 is 0.368 bits per heavy atom. The van der Waals surface area contributed by atoms with Crippen LogP contribution in [0.4, 0.5) is 0 Å². The van der Waals surface area contributed by atoms with E-state index in [1.165, 1.54) is 24.3 Å². The van der Waals surface area contributed by atoms with Crippen molar-refractivity contribution in [3.63, 3.8) is 0 Å². The molecule has 22 aliphatic rings.